The van der Waals surface area contributed by atoms with Crippen LogP contribution in [-0.4, -0.2) is 9.55 Å². The molecule has 0 N–H and O–H groups in total. The molecule has 0 saturated heterocycles. The van der Waals surface area contributed by atoms with Crippen molar-refractivity contribution in [1.82, 2.24) is 9.55 Å². The zero-order valence-electron chi connectivity index (χ0n) is 12.1. The largest absolute Gasteiger partial charge is 0.324 e. The number of rotatable bonds is 3. The van der Waals surface area contributed by atoms with E-state index in [1.54, 1.807) is 0 Å². The first kappa shape index (κ1) is 14.6. The molecule has 2 aromatic carbocycles. The van der Waals surface area contributed by atoms with Gasteiger partial charge in [-0.05, 0) is 24.6 Å². The molecule has 0 amide bonds. The summed E-state index contributed by atoms with van der Waals surface area (Å²) in [5.74, 6) is 0.929. The number of aromatic nitrogens is 2. The Hall–Kier alpha value is -2.38. The molecule has 0 radical (unpaired) electrons. The Morgan fingerprint density at radius 2 is 1.86 bits per heavy atom. The van der Waals surface area contributed by atoms with Crippen LogP contribution in [0.25, 0.3) is 11.3 Å². The highest BCUT2D eigenvalue weighted by molar-refractivity contribution is 9.10. The van der Waals surface area contributed by atoms with E-state index in [4.69, 9.17) is 0 Å². The maximum absolute atomic E-state index is 9.32. The van der Waals surface area contributed by atoms with Crippen LogP contribution in [0.1, 0.15) is 17.0 Å². The molecular formula is C18H14BrN3. The summed E-state index contributed by atoms with van der Waals surface area (Å²) >= 11 is 3.59. The molecule has 108 valence electrons. The molecule has 3 nitrogen and oxygen atoms in total. The predicted octanol–water partition coefficient (Wildman–Crippen LogP) is 4.54. The van der Waals surface area contributed by atoms with Gasteiger partial charge in [-0.15, -0.1) is 0 Å². The molecule has 0 fully saturated rings. The molecule has 3 rings (SSSR count). The number of nitriles is 1. The van der Waals surface area contributed by atoms with E-state index in [9.17, 15) is 5.26 Å². The molecule has 0 saturated carbocycles. The minimum atomic E-state index is 0.663. The molecular weight excluding hydrogens is 338 g/mol. The van der Waals surface area contributed by atoms with E-state index in [0.29, 0.717) is 12.1 Å². The summed E-state index contributed by atoms with van der Waals surface area (Å²) in [5, 5.41) is 9.32. The Labute approximate surface area is 138 Å². The number of hydrogen-bond acceptors (Lipinski definition) is 2. The van der Waals surface area contributed by atoms with Crippen LogP contribution >= 0.6 is 15.9 Å². The first-order valence-corrected chi connectivity index (χ1v) is 7.75. The SMILES string of the molecule is Cc1ncc(-c2ccccc2C#N)n1Cc1ccccc1Br. The summed E-state index contributed by atoms with van der Waals surface area (Å²) in [6.45, 7) is 2.69. The van der Waals surface area contributed by atoms with E-state index >= 15 is 0 Å². The van der Waals surface area contributed by atoms with E-state index < -0.39 is 0 Å². The number of hydrogen-bond donors (Lipinski definition) is 0. The molecule has 0 bridgehead atoms. The van der Waals surface area contributed by atoms with Gasteiger partial charge in [0.25, 0.3) is 0 Å². The van der Waals surface area contributed by atoms with Crippen molar-refractivity contribution >= 4 is 15.9 Å². The highest BCUT2D eigenvalue weighted by Crippen LogP contribution is 2.26. The lowest BCUT2D eigenvalue weighted by Crippen LogP contribution is -2.05. The van der Waals surface area contributed by atoms with Crippen molar-refractivity contribution < 1.29 is 0 Å². The minimum absolute atomic E-state index is 0.663. The van der Waals surface area contributed by atoms with Crippen molar-refractivity contribution in [3.8, 4) is 17.3 Å². The summed E-state index contributed by atoms with van der Waals surface area (Å²) < 4.78 is 3.21. The average Bonchev–Trinajstić information content (AvgIpc) is 2.90. The molecule has 1 heterocycles. The van der Waals surface area contributed by atoms with Gasteiger partial charge in [0.1, 0.15) is 5.82 Å². The first-order chi connectivity index (χ1) is 10.7. The van der Waals surface area contributed by atoms with Gasteiger partial charge in [0.2, 0.25) is 0 Å². The molecule has 1 aromatic heterocycles. The number of nitrogens with zero attached hydrogens (tertiary/aromatic N) is 3. The fourth-order valence-electron chi connectivity index (χ4n) is 2.48. The number of imidazole rings is 1. The van der Waals surface area contributed by atoms with Crippen molar-refractivity contribution in [1.29, 1.82) is 5.26 Å². The van der Waals surface area contributed by atoms with Crippen LogP contribution < -0.4 is 0 Å². The smallest absolute Gasteiger partial charge is 0.106 e. The third-order valence-electron chi connectivity index (χ3n) is 3.66. The zero-order valence-corrected chi connectivity index (χ0v) is 13.7. The Morgan fingerprint density at radius 3 is 2.64 bits per heavy atom. The molecule has 22 heavy (non-hydrogen) atoms. The Kier molecular flexibility index (Phi) is 4.08. The van der Waals surface area contributed by atoms with Crippen molar-refractivity contribution in [2.45, 2.75) is 13.5 Å². The summed E-state index contributed by atoms with van der Waals surface area (Å²) in [4.78, 5) is 4.43. The molecule has 4 heteroatoms. The van der Waals surface area contributed by atoms with Crippen molar-refractivity contribution in [3.63, 3.8) is 0 Å². The van der Waals surface area contributed by atoms with Crippen molar-refractivity contribution in [2.24, 2.45) is 0 Å². The van der Waals surface area contributed by atoms with E-state index in [2.05, 4.69) is 37.6 Å². The van der Waals surface area contributed by atoms with Gasteiger partial charge in [0.15, 0.2) is 0 Å². The quantitative estimate of drug-likeness (QED) is 0.694. The number of aryl methyl sites for hydroxylation is 1. The Bertz CT molecular complexity index is 859. The number of benzene rings is 2. The summed E-state index contributed by atoms with van der Waals surface area (Å²) in [5.41, 5.74) is 3.72. The third kappa shape index (κ3) is 2.68. The van der Waals surface area contributed by atoms with E-state index in [0.717, 1.165) is 21.6 Å². The highest BCUT2D eigenvalue weighted by atomic mass is 79.9. The lowest BCUT2D eigenvalue weighted by molar-refractivity contribution is 0.766. The van der Waals surface area contributed by atoms with Crippen LogP contribution in [0.3, 0.4) is 0 Å². The maximum atomic E-state index is 9.32. The van der Waals surface area contributed by atoms with Gasteiger partial charge in [-0.25, -0.2) is 4.98 Å². The topological polar surface area (TPSA) is 41.6 Å². The predicted molar refractivity (Wildman–Crippen MR) is 90.4 cm³/mol. The van der Waals surface area contributed by atoms with Gasteiger partial charge >= 0.3 is 0 Å². The third-order valence-corrected chi connectivity index (χ3v) is 4.44. The van der Waals surface area contributed by atoms with Gasteiger partial charge in [-0.1, -0.05) is 52.3 Å². The second-order valence-corrected chi connectivity index (χ2v) is 5.88. The zero-order chi connectivity index (χ0) is 15.5. The molecule has 0 spiro atoms. The van der Waals surface area contributed by atoms with Crippen molar-refractivity contribution in [2.75, 3.05) is 0 Å². The fraction of sp³-hybridized carbons (Fsp3) is 0.111. The van der Waals surface area contributed by atoms with Crippen LogP contribution in [0.4, 0.5) is 0 Å². The maximum Gasteiger partial charge on any atom is 0.106 e. The molecule has 0 aliphatic carbocycles. The van der Waals surface area contributed by atoms with Crippen LogP contribution in [0.5, 0.6) is 0 Å². The normalized spacial score (nSPS) is 10.4. The lowest BCUT2D eigenvalue weighted by Gasteiger charge is -2.12. The Morgan fingerprint density at radius 1 is 1.14 bits per heavy atom. The van der Waals surface area contributed by atoms with Gasteiger partial charge < -0.3 is 4.57 Å². The second kappa shape index (κ2) is 6.17. The van der Waals surface area contributed by atoms with E-state index in [-0.39, 0.29) is 0 Å². The molecule has 0 aliphatic heterocycles. The van der Waals surface area contributed by atoms with Gasteiger partial charge in [0, 0.05) is 10.0 Å². The van der Waals surface area contributed by atoms with Crippen molar-refractivity contribution in [3.05, 3.63) is 76.2 Å². The molecule has 0 atom stereocenters. The fourth-order valence-corrected chi connectivity index (χ4v) is 2.89. The van der Waals surface area contributed by atoms with Gasteiger partial charge in [-0.3, -0.25) is 0 Å². The summed E-state index contributed by atoms with van der Waals surface area (Å²) in [7, 11) is 0. The molecule has 0 aliphatic rings. The summed E-state index contributed by atoms with van der Waals surface area (Å²) in [6, 6.07) is 18.0. The monoisotopic (exact) mass is 351 g/mol. The summed E-state index contributed by atoms with van der Waals surface area (Å²) in [6.07, 6.45) is 1.84. The van der Waals surface area contributed by atoms with Crippen LogP contribution in [0.2, 0.25) is 0 Å². The molecule has 0 unspecified atom stereocenters. The molecule has 3 aromatic rings. The highest BCUT2D eigenvalue weighted by Gasteiger charge is 2.13. The lowest BCUT2D eigenvalue weighted by atomic mass is 10.1. The first-order valence-electron chi connectivity index (χ1n) is 6.95. The van der Waals surface area contributed by atoms with E-state index in [1.165, 1.54) is 5.56 Å². The Balaban J connectivity index is 2.09. The van der Waals surface area contributed by atoms with E-state index in [1.807, 2.05) is 55.6 Å². The van der Waals surface area contributed by atoms with Gasteiger partial charge in [-0.2, -0.15) is 5.26 Å². The van der Waals surface area contributed by atoms with Crippen LogP contribution in [0, 0.1) is 18.3 Å². The second-order valence-electron chi connectivity index (χ2n) is 5.03. The van der Waals surface area contributed by atoms with Crippen LogP contribution in [0.15, 0.2) is 59.2 Å². The standard InChI is InChI=1S/C18H14BrN3/c1-13-21-11-18(16-8-4-2-6-14(16)10-20)22(13)12-15-7-3-5-9-17(15)19/h2-9,11H,12H2,1H3. The minimum Gasteiger partial charge on any atom is -0.324 e. The average molecular weight is 352 g/mol. The van der Waals surface area contributed by atoms with Gasteiger partial charge in [0.05, 0.1) is 30.1 Å². The van der Waals surface area contributed by atoms with Crippen LogP contribution in [-0.2, 0) is 6.54 Å². The number of halogens is 1.